The topological polar surface area (TPSA) is 71.0 Å². The van der Waals surface area contributed by atoms with Crippen LogP contribution < -0.4 is 5.32 Å². The van der Waals surface area contributed by atoms with E-state index < -0.39 is 6.17 Å². The van der Waals surface area contributed by atoms with Crippen molar-refractivity contribution in [3.8, 4) is 10.6 Å². The molecule has 0 aliphatic carbocycles. The van der Waals surface area contributed by atoms with Gasteiger partial charge in [-0.1, -0.05) is 23.5 Å². The first-order valence-corrected chi connectivity index (χ1v) is 10.7. The predicted octanol–water partition coefficient (Wildman–Crippen LogP) is 4.07. The molecule has 152 valence electrons. The largest absolute Gasteiger partial charge is 0.310 e. The van der Waals surface area contributed by atoms with E-state index in [0.29, 0.717) is 12.4 Å². The van der Waals surface area contributed by atoms with Gasteiger partial charge in [-0.25, -0.2) is 9.37 Å². The SMILES string of the molecule is Cc1nnc(-c2ccc3cnc(NC(=O)C4CCN(CC(C)F)CC4)cc3c2)s1. The fourth-order valence-corrected chi connectivity index (χ4v) is 4.41. The zero-order valence-corrected chi connectivity index (χ0v) is 17.4. The Morgan fingerprint density at radius 1 is 1.28 bits per heavy atom. The minimum atomic E-state index is -0.837. The number of hydrogen-bond acceptors (Lipinski definition) is 6. The van der Waals surface area contributed by atoms with Gasteiger partial charge in [0.25, 0.3) is 0 Å². The maximum absolute atomic E-state index is 13.2. The lowest BCUT2D eigenvalue weighted by molar-refractivity contribution is -0.121. The summed E-state index contributed by atoms with van der Waals surface area (Å²) in [5.74, 6) is 0.475. The van der Waals surface area contributed by atoms with Crippen LogP contribution in [-0.2, 0) is 4.79 Å². The van der Waals surface area contributed by atoms with Crippen LogP contribution in [0.3, 0.4) is 0 Å². The molecule has 1 amide bonds. The number of piperidine rings is 1. The number of carbonyl (C=O) groups is 1. The van der Waals surface area contributed by atoms with Crippen molar-refractivity contribution in [3.05, 3.63) is 35.5 Å². The number of halogens is 1. The number of rotatable bonds is 5. The molecule has 0 spiro atoms. The summed E-state index contributed by atoms with van der Waals surface area (Å²) < 4.78 is 13.2. The van der Waals surface area contributed by atoms with E-state index in [0.717, 1.165) is 52.3 Å². The number of benzene rings is 1. The normalized spacial score (nSPS) is 16.8. The van der Waals surface area contributed by atoms with Gasteiger partial charge in [-0.05, 0) is 57.3 Å². The molecule has 29 heavy (non-hydrogen) atoms. The van der Waals surface area contributed by atoms with Gasteiger partial charge in [0.15, 0.2) is 0 Å². The molecule has 0 bridgehead atoms. The molecule has 1 aromatic carbocycles. The summed E-state index contributed by atoms with van der Waals surface area (Å²) in [5, 5.41) is 15.0. The third-order valence-corrected chi connectivity index (χ3v) is 6.10. The van der Waals surface area contributed by atoms with Crippen LogP contribution in [0.1, 0.15) is 24.8 Å². The van der Waals surface area contributed by atoms with Crippen LogP contribution in [0.15, 0.2) is 30.5 Å². The Hall–Kier alpha value is -2.45. The Kier molecular flexibility index (Phi) is 5.82. The van der Waals surface area contributed by atoms with Crippen molar-refractivity contribution >= 4 is 33.8 Å². The molecule has 1 saturated heterocycles. The predicted molar refractivity (Wildman–Crippen MR) is 114 cm³/mol. The Balaban J connectivity index is 1.44. The molecule has 0 saturated carbocycles. The van der Waals surface area contributed by atoms with E-state index in [2.05, 4.69) is 25.4 Å². The molecule has 6 nitrogen and oxygen atoms in total. The van der Waals surface area contributed by atoms with Crippen molar-refractivity contribution in [2.24, 2.45) is 5.92 Å². The number of likely N-dealkylation sites (tertiary alicyclic amines) is 1. The first kappa shape index (κ1) is 19.8. The molecule has 3 aromatic rings. The van der Waals surface area contributed by atoms with Crippen LogP contribution in [0, 0.1) is 12.8 Å². The van der Waals surface area contributed by atoms with Crippen LogP contribution in [-0.4, -0.2) is 51.8 Å². The number of aryl methyl sites for hydroxylation is 1. The number of hydrogen-bond donors (Lipinski definition) is 1. The number of aromatic nitrogens is 3. The van der Waals surface area contributed by atoms with Crippen molar-refractivity contribution in [2.75, 3.05) is 25.0 Å². The molecule has 3 heterocycles. The molecule has 8 heteroatoms. The third kappa shape index (κ3) is 4.76. The molecule has 1 aliphatic rings. The van der Waals surface area contributed by atoms with Gasteiger partial charge in [-0.3, -0.25) is 4.79 Å². The highest BCUT2D eigenvalue weighted by Crippen LogP contribution is 2.28. The summed E-state index contributed by atoms with van der Waals surface area (Å²) in [5.41, 5.74) is 1.00. The van der Waals surface area contributed by atoms with Crippen molar-refractivity contribution in [3.63, 3.8) is 0 Å². The molecule has 1 unspecified atom stereocenters. The van der Waals surface area contributed by atoms with Gasteiger partial charge in [0.2, 0.25) is 5.91 Å². The second kappa shape index (κ2) is 8.51. The smallest absolute Gasteiger partial charge is 0.228 e. The molecular weight excluding hydrogens is 389 g/mol. The Morgan fingerprint density at radius 3 is 2.76 bits per heavy atom. The van der Waals surface area contributed by atoms with Crippen LogP contribution >= 0.6 is 11.3 Å². The zero-order chi connectivity index (χ0) is 20.4. The lowest BCUT2D eigenvalue weighted by atomic mass is 9.95. The molecule has 0 radical (unpaired) electrons. The van der Waals surface area contributed by atoms with E-state index >= 15 is 0 Å². The summed E-state index contributed by atoms with van der Waals surface area (Å²) >= 11 is 1.55. The molecular formula is C21H24FN5OS. The first-order valence-electron chi connectivity index (χ1n) is 9.85. The Bertz CT molecular complexity index is 1010. The molecule has 1 atom stereocenters. The van der Waals surface area contributed by atoms with Gasteiger partial charge in [-0.15, -0.1) is 10.2 Å². The average molecular weight is 414 g/mol. The highest BCUT2D eigenvalue weighted by atomic mass is 32.1. The van der Waals surface area contributed by atoms with Crippen molar-refractivity contribution in [1.29, 1.82) is 0 Å². The molecule has 2 aromatic heterocycles. The molecule has 1 aliphatic heterocycles. The number of fused-ring (bicyclic) bond motifs is 1. The monoisotopic (exact) mass is 413 g/mol. The van der Waals surface area contributed by atoms with E-state index in [1.807, 2.05) is 31.2 Å². The number of pyridine rings is 1. The van der Waals surface area contributed by atoms with E-state index in [1.165, 1.54) is 0 Å². The molecule has 1 fully saturated rings. The number of nitrogens with one attached hydrogen (secondary N) is 1. The fourth-order valence-electron chi connectivity index (χ4n) is 3.72. The van der Waals surface area contributed by atoms with E-state index in [-0.39, 0.29) is 11.8 Å². The highest BCUT2D eigenvalue weighted by Gasteiger charge is 2.25. The number of amides is 1. The number of alkyl halides is 1. The minimum Gasteiger partial charge on any atom is -0.310 e. The Labute approximate surface area is 173 Å². The Morgan fingerprint density at radius 2 is 2.07 bits per heavy atom. The standard InChI is InChI=1S/C21H24FN5OS/c1-13(22)12-27-7-5-15(6-8-27)20(28)24-19-10-18-9-16(3-4-17(18)11-23-19)21-26-25-14(2)29-21/h3-4,9-11,13,15H,5-8,12H2,1-2H3,(H,23,24,28). The van der Waals surface area contributed by atoms with Gasteiger partial charge >= 0.3 is 0 Å². The van der Waals surface area contributed by atoms with Crippen LogP contribution in [0.2, 0.25) is 0 Å². The highest BCUT2D eigenvalue weighted by molar-refractivity contribution is 7.14. The fraction of sp³-hybridized carbons (Fsp3) is 0.429. The van der Waals surface area contributed by atoms with Crippen LogP contribution in [0.25, 0.3) is 21.3 Å². The van der Waals surface area contributed by atoms with Crippen molar-refractivity contribution in [2.45, 2.75) is 32.9 Å². The maximum Gasteiger partial charge on any atom is 0.228 e. The lowest BCUT2D eigenvalue weighted by Crippen LogP contribution is -2.40. The minimum absolute atomic E-state index is 0.0132. The summed E-state index contributed by atoms with van der Waals surface area (Å²) in [4.78, 5) is 19.1. The van der Waals surface area contributed by atoms with Crippen LogP contribution in [0.4, 0.5) is 10.2 Å². The van der Waals surface area contributed by atoms with Gasteiger partial charge in [0, 0.05) is 29.6 Å². The molecule has 4 rings (SSSR count). The third-order valence-electron chi connectivity index (χ3n) is 5.21. The average Bonchev–Trinajstić information content (AvgIpc) is 3.14. The second-order valence-corrected chi connectivity index (χ2v) is 8.78. The lowest BCUT2D eigenvalue weighted by Gasteiger charge is -2.31. The summed E-state index contributed by atoms with van der Waals surface area (Å²) in [7, 11) is 0. The number of anilines is 1. The first-order chi connectivity index (χ1) is 14.0. The van der Waals surface area contributed by atoms with Crippen LogP contribution in [0.5, 0.6) is 0 Å². The van der Waals surface area contributed by atoms with Gasteiger partial charge in [0.1, 0.15) is 22.0 Å². The molecule has 1 N–H and O–H groups in total. The van der Waals surface area contributed by atoms with E-state index in [9.17, 15) is 9.18 Å². The van der Waals surface area contributed by atoms with Crippen molar-refractivity contribution in [1.82, 2.24) is 20.1 Å². The van der Waals surface area contributed by atoms with E-state index in [4.69, 9.17) is 0 Å². The van der Waals surface area contributed by atoms with Gasteiger partial charge < -0.3 is 10.2 Å². The summed E-state index contributed by atoms with van der Waals surface area (Å²) in [6, 6.07) is 7.95. The number of nitrogens with zero attached hydrogens (tertiary/aromatic N) is 4. The van der Waals surface area contributed by atoms with E-state index in [1.54, 1.807) is 24.5 Å². The number of carbonyl (C=O) groups excluding carboxylic acids is 1. The van der Waals surface area contributed by atoms with Gasteiger partial charge in [0.05, 0.1) is 0 Å². The maximum atomic E-state index is 13.2. The summed E-state index contributed by atoms with van der Waals surface area (Å²) in [6.45, 7) is 5.45. The van der Waals surface area contributed by atoms with Gasteiger partial charge in [-0.2, -0.15) is 0 Å². The van der Waals surface area contributed by atoms with Crippen molar-refractivity contribution < 1.29 is 9.18 Å². The second-order valence-electron chi connectivity index (χ2n) is 7.60. The summed E-state index contributed by atoms with van der Waals surface area (Å²) in [6.07, 6.45) is 2.42. The zero-order valence-electron chi connectivity index (χ0n) is 16.6. The quantitative estimate of drug-likeness (QED) is 0.683.